The molecule has 0 saturated heterocycles. The van der Waals surface area contributed by atoms with Crippen molar-refractivity contribution in [3.63, 3.8) is 0 Å². The fraction of sp³-hybridized carbons (Fsp3) is 0.250. The molecule has 30 heavy (non-hydrogen) atoms. The van der Waals surface area contributed by atoms with Crippen molar-refractivity contribution in [1.82, 2.24) is 10.6 Å². The fourth-order valence-electron chi connectivity index (χ4n) is 3.45. The smallest absolute Gasteiger partial charge is 0.244 e. The Morgan fingerprint density at radius 2 is 1.07 bits per heavy atom. The van der Waals surface area contributed by atoms with Crippen molar-refractivity contribution in [3.8, 4) is 11.5 Å². The first-order chi connectivity index (χ1) is 14.5. The minimum absolute atomic E-state index is 0.123. The van der Waals surface area contributed by atoms with Crippen molar-refractivity contribution in [3.05, 3.63) is 71.8 Å². The molecule has 2 aromatic rings. The van der Waals surface area contributed by atoms with Crippen LogP contribution < -0.4 is 10.6 Å². The van der Waals surface area contributed by atoms with E-state index in [-0.39, 0.29) is 35.4 Å². The van der Waals surface area contributed by atoms with Gasteiger partial charge in [0.25, 0.3) is 0 Å². The molecule has 6 heteroatoms. The second-order valence-electron chi connectivity index (χ2n) is 7.36. The molecule has 0 aliphatic heterocycles. The molecule has 0 unspecified atom stereocenters. The molecule has 6 nitrogen and oxygen atoms in total. The van der Waals surface area contributed by atoms with E-state index in [2.05, 4.69) is 10.6 Å². The van der Waals surface area contributed by atoms with Crippen molar-refractivity contribution in [2.75, 3.05) is 0 Å². The van der Waals surface area contributed by atoms with Crippen LogP contribution in [-0.2, 0) is 9.59 Å². The zero-order valence-electron chi connectivity index (χ0n) is 16.6. The molecule has 1 saturated carbocycles. The molecule has 0 spiro atoms. The second kappa shape index (κ2) is 10.3. The summed E-state index contributed by atoms with van der Waals surface area (Å²) in [6, 6.07) is 12.9. The van der Waals surface area contributed by atoms with Gasteiger partial charge in [-0.2, -0.15) is 0 Å². The van der Waals surface area contributed by atoms with Crippen LogP contribution in [0.5, 0.6) is 11.5 Å². The third-order valence-corrected chi connectivity index (χ3v) is 5.06. The van der Waals surface area contributed by atoms with Gasteiger partial charge in [0.1, 0.15) is 11.5 Å². The number of benzene rings is 2. The Morgan fingerprint density at radius 1 is 0.700 bits per heavy atom. The average Bonchev–Trinajstić information content (AvgIpc) is 2.74. The SMILES string of the molecule is O=C(/C=C/c1ccc(O)cc1)N[C@H]1CCCC[C@@H]1NC(=O)/C=C/c1ccc(O)cc1. The van der Waals surface area contributed by atoms with Crippen LogP contribution >= 0.6 is 0 Å². The number of phenolic OH excluding ortho intramolecular Hbond substituents is 2. The van der Waals surface area contributed by atoms with Crippen LogP contribution in [0.3, 0.4) is 0 Å². The van der Waals surface area contributed by atoms with Crippen LogP contribution in [0.1, 0.15) is 36.8 Å². The van der Waals surface area contributed by atoms with Crippen molar-refractivity contribution in [2.24, 2.45) is 0 Å². The highest BCUT2D eigenvalue weighted by Crippen LogP contribution is 2.19. The van der Waals surface area contributed by atoms with Crippen LogP contribution in [0.25, 0.3) is 12.2 Å². The molecule has 2 amide bonds. The van der Waals surface area contributed by atoms with Crippen molar-refractivity contribution < 1.29 is 19.8 Å². The van der Waals surface area contributed by atoms with Crippen LogP contribution in [0.2, 0.25) is 0 Å². The average molecular weight is 406 g/mol. The van der Waals surface area contributed by atoms with Gasteiger partial charge in [-0.25, -0.2) is 0 Å². The summed E-state index contributed by atoms with van der Waals surface area (Å²) in [6.45, 7) is 0. The molecular weight excluding hydrogens is 380 g/mol. The molecular formula is C24H26N2O4. The molecule has 156 valence electrons. The molecule has 1 aliphatic rings. The Hall–Kier alpha value is -3.54. The van der Waals surface area contributed by atoms with E-state index < -0.39 is 0 Å². The lowest BCUT2D eigenvalue weighted by Gasteiger charge is -2.32. The lowest BCUT2D eigenvalue weighted by molar-refractivity contribution is -0.120. The molecule has 1 aliphatic carbocycles. The van der Waals surface area contributed by atoms with Crippen LogP contribution in [0.15, 0.2) is 60.7 Å². The summed E-state index contributed by atoms with van der Waals surface area (Å²) in [5.41, 5.74) is 1.63. The number of hydrogen-bond acceptors (Lipinski definition) is 4. The standard InChI is InChI=1S/C24H26N2O4/c27-19-11-5-17(6-12-19)9-15-23(29)25-21-3-1-2-4-22(21)26-24(30)16-10-18-7-13-20(28)14-8-18/h5-16,21-22,27-28H,1-4H2,(H,25,29)(H,26,30)/b15-9+,16-10+/t21-,22-/m0/s1. The Kier molecular flexibility index (Phi) is 7.27. The van der Waals surface area contributed by atoms with Crippen molar-refractivity contribution in [1.29, 1.82) is 0 Å². The van der Waals surface area contributed by atoms with Gasteiger partial charge in [-0.3, -0.25) is 9.59 Å². The molecule has 1 fully saturated rings. The second-order valence-corrected chi connectivity index (χ2v) is 7.36. The molecule has 0 heterocycles. The topological polar surface area (TPSA) is 98.7 Å². The Bertz CT molecular complexity index is 840. The zero-order valence-corrected chi connectivity index (χ0v) is 16.6. The molecule has 0 aromatic heterocycles. The predicted molar refractivity (Wildman–Crippen MR) is 117 cm³/mol. The monoisotopic (exact) mass is 406 g/mol. The van der Waals surface area contributed by atoms with Gasteiger partial charge in [-0.1, -0.05) is 37.1 Å². The number of nitrogens with one attached hydrogen (secondary N) is 2. The number of rotatable bonds is 6. The number of carbonyl (C=O) groups is 2. The lowest BCUT2D eigenvalue weighted by Crippen LogP contribution is -2.52. The van der Waals surface area contributed by atoms with Gasteiger partial charge in [0.2, 0.25) is 11.8 Å². The molecule has 0 radical (unpaired) electrons. The van der Waals surface area contributed by atoms with Gasteiger partial charge in [0.15, 0.2) is 0 Å². The molecule has 4 N–H and O–H groups in total. The van der Waals surface area contributed by atoms with Crippen LogP contribution in [0, 0.1) is 0 Å². The summed E-state index contributed by atoms with van der Waals surface area (Å²) < 4.78 is 0. The summed E-state index contributed by atoms with van der Waals surface area (Å²) in [4.78, 5) is 24.7. The van der Waals surface area contributed by atoms with Gasteiger partial charge < -0.3 is 20.8 Å². The molecule has 2 aromatic carbocycles. The first-order valence-electron chi connectivity index (χ1n) is 10.0. The van der Waals surface area contributed by atoms with E-state index >= 15 is 0 Å². The van der Waals surface area contributed by atoms with Gasteiger partial charge >= 0.3 is 0 Å². The van der Waals surface area contributed by atoms with E-state index in [4.69, 9.17) is 0 Å². The highest BCUT2D eigenvalue weighted by Gasteiger charge is 2.26. The van der Waals surface area contributed by atoms with Crippen molar-refractivity contribution in [2.45, 2.75) is 37.8 Å². The Morgan fingerprint density at radius 3 is 1.43 bits per heavy atom. The minimum Gasteiger partial charge on any atom is -0.508 e. The zero-order chi connectivity index (χ0) is 21.3. The van der Waals surface area contributed by atoms with E-state index in [0.717, 1.165) is 36.8 Å². The third kappa shape index (κ3) is 6.51. The van der Waals surface area contributed by atoms with E-state index in [0.29, 0.717) is 0 Å². The number of phenols is 2. The molecule has 3 rings (SSSR count). The summed E-state index contributed by atoms with van der Waals surface area (Å²) in [7, 11) is 0. The van der Waals surface area contributed by atoms with Gasteiger partial charge in [-0.15, -0.1) is 0 Å². The number of amides is 2. The van der Waals surface area contributed by atoms with Gasteiger partial charge in [0.05, 0.1) is 0 Å². The van der Waals surface area contributed by atoms with Crippen LogP contribution in [0.4, 0.5) is 0 Å². The fourth-order valence-corrected chi connectivity index (χ4v) is 3.45. The van der Waals surface area contributed by atoms with Crippen LogP contribution in [-0.4, -0.2) is 34.1 Å². The number of aromatic hydroxyl groups is 2. The maximum atomic E-state index is 12.3. The van der Waals surface area contributed by atoms with Crippen molar-refractivity contribution >= 4 is 24.0 Å². The third-order valence-electron chi connectivity index (χ3n) is 5.06. The summed E-state index contributed by atoms with van der Waals surface area (Å²) in [5, 5.41) is 24.6. The maximum Gasteiger partial charge on any atom is 0.244 e. The Balaban J connectivity index is 1.54. The highest BCUT2D eigenvalue weighted by atomic mass is 16.3. The number of hydrogen-bond donors (Lipinski definition) is 4. The van der Waals surface area contributed by atoms with Gasteiger partial charge in [-0.05, 0) is 60.4 Å². The minimum atomic E-state index is -0.214. The van der Waals surface area contributed by atoms with E-state index in [1.165, 1.54) is 12.2 Å². The maximum absolute atomic E-state index is 12.3. The van der Waals surface area contributed by atoms with Gasteiger partial charge in [0, 0.05) is 24.2 Å². The van der Waals surface area contributed by atoms with E-state index in [1.54, 1.807) is 60.7 Å². The Labute approximate surface area is 175 Å². The molecule has 2 atom stereocenters. The largest absolute Gasteiger partial charge is 0.508 e. The summed E-state index contributed by atoms with van der Waals surface area (Å²) >= 11 is 0. The quantitative estimate of drug-likeness (QED) is 0.553. The first kappa shape index (κ1) is 21.2. The molecule has 0 bridgehead atoms. The highest BCUT2D eigenvalue weighted by molar-refractivity contribution is 5.93. The van der Waals surface area contributed by atoms with E-state index in [1.807, 2.05) is 0 Å². The normalized spacial score (nSPS) is 19.1. The lowest BCUT2D eigenvalue weighted by atomic mass is 9.90. The number of carbonyl (C=O) groups excluding carboxylic acids is 2. The predicted octanol–water partition coefficient (Wildman–Crippen LogP) is 3.37. The first-order valence-corrected chi connectivity index (χ1v) is 10.0. The summed E-state index contributed by atoms with van der Waals surface area (Å²) in [5.74, 6) is -0.0728. The summed E-state index contributed by atoms with van der Waals surface area (Å²) in [6.07, 6.45) is 9.92. The van der Waals surface area contributed by atoms with E-state index in [9.17, 15) is 19.8 Å².